The lowest BCUT2D eigenvalue weighted by atomic mass is 10.2. The smallest absolute Gasteiger partial charge is 0.0815 e. The highest BCUT2D eigenvalue weighted by Crippen LogP contribution is 2.17. The van der Waals surface area contributed by atoms with Crippen molar-refractivity contribution in [1.82, 2.24) is 15.1 Å². The van der Waals surface area contributed by atoms with Crippen LogP contribution in [0.25, 0.3) is 0 Å². The van der Waals surface area contributed by atoms with Crippen molar-refractivity contribution in [3.8, 4) is 0 Å². The van der Waals surface area contributed by atoms with Crippen LogP contribution in [0.2, 0.25) is 5.02 Å². The van der Waals surface area contributed by atoms with E-state index in [4.69, 9.17) is 11.6 Å². The molecule has 4 heteroatoms. The molecule has 0 aliphatic rings. The fourth-order valence-corrected chi connectivity index (χ4v) is 1.65. The maximum atomic E-state index is 5.99. The van der Waals surface area contributed by atoms with Gasteiger partial charge < -0.3 is 5.32 Å². The van der Waals surface area contributed by atoms with Crippen molar-refractivity contribution < 1.29 is 0 Å². The van der Waals surface area contributed by atoms with Gasteiger partial charge in [0.1, 0.15) is 0 Å². The van der Waals surface area contributed by atoms with E-state index in [-0.39, 0.29) is 0 Å². The first-order valence-electron chi connectivity index (χ1n) is 5.61. The van der Waals surface area contributed by atoms with Crippen molar-refractivity contribution in [3.05, 3.63) is 16.9 Å². The van der Waals surface area contributed by atoms with Crippen molar-refractivity contribution in [2.75, 3.05) is 13.1 Å². The van der Waals surface area contributed by atoms with Gasteiger partial charge >= 0.3 is 0 Å². The lowest BCUT2D eigenvalue weighted by Crippen LogP contribution is -2.26. The van der Waals surface area contributed by atoms with E-state index in [1.807, 2.05) is 17.8 Å². The second kappa shape index (κ2) is 6.13. The Hall–Kier alpha value is -0.540. The summed E-state index contributed by atoms with van der Waals surface area (Å²) in [4.78, 5) is 0. The van der Waals surface area contributed by atoms with Gasteiger partial charge in [-0.25, -0.2) is 0 Å². The molecule has 0 aromatic carbocycles. The van der Waals surface area contributed by atoms with Crippen LogP contribution in [0.5, 0.6) is 0 Å². The third kappa shape index (κ3) is 3.50. The van der Waals surface area contributed by atoms with Gasteiger partial charge in [-0.05, 0) is 26.3 Å². The molecule has 0 radical (unpaired) electrons. The minimum absolute atomic E-state index is 0.405. The van der Waals surface area contributed by atoms with Crippen LogP contribution in [-0.2, 0) is 0 Å². The zero-order chi connectivity index (χ0) is 11.3. The highest BCUT2D eigenvalue weighted by atomic mass is 35.5. The molecular formula is C11H20ClN3. The van der Waals surface area contributed by atoms with Crippen LogP contribution in [0.15, 0.2) is 6.20 Å². The van der Waals surface area contributed by atoms with Crippen molar-refractivity contribution in [3.63, 3.8) is 0 Å². The quantitative estimate of drug-likeness (QED) is 0.761. The van der Waals surface area contributed by atoms with Gasteiger partial charge in [0, 0.05) is 12.7 Å². The molecule has 0 aliphatic carbocycles. The lowest BCUT2D eigenvalue weighted by molar-refractivity contribution is 0.411. The average Bonchev–Trinajstić information content (AvgIpc) is 2.54. The SMILES string of the molecule is CCCNCC(CC)n1cc(Cl)c(C)n1. The molecule has 0 amide bonds. The Morgan fingerprint density at radius 2 is 2.27 bits per heavy atom. The fraction of sp³-hybridized carbons (Fsp3) is 0.727. The van der Waals surface area contributed by atoms with E-state index in [1.165, 1.54) is 0 Å². The van der Waals surface area contributed by atoms with Crippen molar-refractivity contribution in [2.45, 2.75) is 39.7 Å². The average molecular weight is 230 g/mol. The Bertz CT molecular complexity index is 277. The zero-order valence-electron chi connectivity index (χ0n) is 9.76. The fourth-order valence-electron chi connectivity index (χ4n) is 1.52. The van der Waals surface area contributed by atoms with Crippen LogP contribution >= 0.6 is 11.6 Å². The summed E-state index contributed by atoms with van der Waals surface area (Å²) in [7, 11) is 0. The molecule has 1 unspecified atom stereocenters. The van der Waals surface area contributed by atoms with Crippen LogP contribution in [-0.4, -0.2) is 22.9 Å². The Labute approximate surface area is 96.8 Å². The first kappa shape index (κ1) is 12.5. The van der Waals surface area contributed by atoms with Crippen LogP contribution in [0.4, 0.5) is 0 Å². The molecule has 0 aliphatic heterocycles. The van der Waals surface area contributed by atoms with Gasteiger partial charge in [0.15, 0.2) is 0 Å². The third-order valence-corrected chi connectivity index (χ3v) is 2.88. The van der Waals surface area contributed by atoms with Gasteiger partial charge in [-0.2, -0.15) is 5.10 Å². The van der Waals surface area contributed by atoms with Gasteiger partial charge in [-0.3, -0.25) is 4.68 Å². The summed E-state index contributed by atoms with van der Waals surface area (Å²) in [5.41, 5.74) is 0.908. The summed E-state index contributed by atoms with van der Waals surface area (Å²) in [6.45, 7) is 8.30. The van der Waals surface area contributed by atoms with E-state index in [0.29, 0.717) is 6.04 Å². The van der Waals surface area contributed by atoms with Crippen LogP contribution in [0, 0.1) is 6.92 Å². The van der Waals surface area contributed by atoms with Gasteiger partial charge in [-0.15, -0.1) is 0 Å². The second-order valence-electron chi connectivity index (χ2n) is 3.81. The third-order valence-electron chi connectivity index (χ3n) is 2.51. The second-order valence-corrected chi connectivity index (χ2v) is 4.22. The molecule has 0 bridgehead atoms. The maximum absolute atomic E-state index is 5.99. The topological polar surface area (TPSA) is 29.9 Å². The molecular weight excluding hydrogens is 210 g/mol. The number of halogens is 1. The molecule has 1 aromatic heterocycles. The summed E-state index contributed by atoms with van der Waals surface area (Å²) in [5.74, 6) is 0. The highest BCUT2D eigenvalue weighted by molar-refractivity contribution is 6.31. The van der Waals surface area contributed by atoms with Gasteiger partial charge in [0.05, 0.1) is 16.8 Å². The summed E-state index contributed by atoms with van der Waals surface area (Å²) < 4.78 is 1.97. The number of nitrogens with zero attached hydrogens (tertiary/aromatic N) is 2. The molecule has 1 N–H and O–H groups in total. The largest absolute Gasteiger partial charge is 0.315 e. The van der Waals surface area contributed by atoms with Gasteiger partial charge in [-0.1, -0.05) is 25.4 Å². The minimum Gasteiger partial charge on any atom is -0.315 e. The van der Waals surface area contributed by atoms with Gasteiger partial charge in [0.25, 0.3) is 0 Å². The zero-order valence-corrected chi connectivity index (χ0v) is 10.5. The monoisotopic (exact) mass is 229 g/mol. The number of hydrogen-bond acceptors (Lipinski definition) is 2. The Morgan fingerprint density at radius 3 is 2.73 bits per heavy atom. The summed E-state index contributed by atoms with van der Waals surface area (Å²) in [6, 6.07) is 0.405. The standard InChI is InChI=1S/C11H20ClN3/c1-4-6-13-7-10(5-2)15-8-11(12)9(3)14-15/h8,10,13H,4-7H2,1-3H3. The predicted molar refractivity (Wildman–Crippen MR) is 64.5 cm³/mol. The lowest BCUT2D eigenvalue weighted by Gasteiger charge is -2.15. The number of nitrogens with one attached hydrogen (secondary N) is 1. The normalized spacial score (nSPS) is 13.1. The van der Waals surface area contributed by atoms with Crippen molar-refractivity contribution in [2.24, 2.45) is 0 Å². The van der Waals surface area contributed by atoms with E-state index in [9.17, 15) is 0 Å². The van der Waals surface area contributed by atoms with Crippen LogP contribution in [0.1, 0.15) is 38.4 Å². The van der Waals surface area contributed by atoms with E-state index in [0.717, 1.165) is 36.6 Å². The number of hydrogen-bond donors (Lipinski definition) is 1. The predicted octanol–water partition coefficient (Wildman–Crippen LogP) is 2.80. The Balaban J connectivity index is 2.57. The van der Waals surface area contributed by atoms with E-state index >= 15 is 0 Å². The number of aromatic nitrogens is 2. The molecule has 1 rings (SSSR count). The van der Waals surface area contributed by atoms with Gasteiger partial charge in [0.2, 0.25) is 0 Å². The van der Waals surface area contributed by atoms with E-state index < -0.39 is 0 Å². The molecule has 1 heterocycles. The highest BCUT2D eigenvalue weighted by Gasteiger charge is 2.11. The molecule has 1 aromatic rings. The minimum atomic E-state index is 0.405. The Morgan fingerprint density at radius 1 is 1.53 bits per heavy atom. The van der Waals surface area contributed by atoms with Crippen molar-refractivity contribution in [1.29, 1.82) is 0 Å². The molecule has 15 heavy (non-hydrogen) atoms. The molecule has 86 valence electrons. The van der Waals surface area contributed by atoms with E-state index in [2.05, 4.69) is 24.3 Å². The van der Waals surface area contributed by atoms with Crippen molar-refractivity contribution >= 4 is 11.6 Å². The molecule has 0 fully saturated rings. The first-order chi connectivity index (χ1) is 7.19. The molecule has 0 saturated heterocycles. The summed E-state index contributed by atoms with van der Waals surface area (Å²) in [5, 5.41) is 8.57. The number of aryl methyl sites for hydroxylation is 1. The first-order valence-corrected chi connectivity index (χ1v) is 5.98. The number of rotatable bonds is 6. The summed E-state index contributed by atoms with van der Waals surface area (Å²) in [6.07, 6.45) is 4.14. The maximum Gasteiger partial charge on any atom is 0.0815 e. The molecule has 0 spiro atoms. The van der Waals surface area contributed by atoms with Crippen LogP contribution < -0.4 is 5.32 Å². The van der Waals surface area contributed by atoms with E-state index in [1.54, 1.807) is 0 Å². The summed E-state index contributed by atoms with van der Waals surface area (Å²) >= 11 is 5.99. The van der Waals surface area contributed by atoms with Crippen LogP contribution in [0.3, 0.4) is 0 Å². The molecule has 0 saturated carbocycles. The Kier molecular flexibility index (Phi) is 5.12. The molecule has 3 nitrogen and oxygen atoms in total. The molecule has 1 atom stereocenters.